The van der Waals surface area contributed by atoms with Crippen LogP contribution in [0.5, 0.6) is 0 Å². The lowest BCUT2D eigenvalue weighted by atomic mass is 9.84. The van der Waals surface area contributed by atoms with Gasteiger partial charge in [0.2, 0.25) is 0 Å². The molecule has 0 heterocycles. The van der Waals surface area contributed by atoms with Crippen molar-refractivity contribution >= 4 is 15.9 Å². The monoisotopic (exact) mass is 226 g/mol. The fourth-order valence-electron chi connectivity index (χ4n) is 3.04. The van der Waals surface area contributed by atoms with Crippen molar-refractivity contribution in [3.63, 3.8) is 0 Å². The van der Waals surface area contributed by atoms with Crippen molar-refractivity contribution in [1.29, 1.82) is 0 Å². The van der Waals surface area contributed by atoms with E-state index in [1.165, 1.54) is 6.42 Å². The number of rotatable bonds is 0. The lowest BCUT2D eigenvalue weighted by molar-refractivity contribution is 0.130. The normalized spacial score (nSPS) is 54.5. The quantitative estimate of drug-likeness (QED) is 0.628. The number of allylic oxidation sites excluding steroid dienone is 3. The highest BCUT2D eigenvalue weighted by atomic mass is 79.9. The van der Waals surface area contributed by atoms with Gasteiger partial charge in [0.25, 0.3) is 0 Å². The Morgan fingerprint density at radius 1 is 1.33 bits per heavy atom. The second kappa shape index (κ2) is 2.24. The maximum atomic E-state index is 9.84. The molecule has 0 aromatic heterocycles. The van der Waals surface area contributed by atoms with Gasteiger partial charge in [-0.3, -0.25) is 0 Å². The van der Waals surface area contributed by atoms with E-state index in [1.54, 1.807) is 0 Å². The third-order valence-corrected chi connectivity index (χ3v) is 4.32. The third kappa shape index (κ3) is 0.728. The summed E-state index contributed by atoms with van der Waals surface area (Å²) in [5, 5.41) is 9.84. The smallest absolute Gasteiger partial charge is 0.0891 e. The molecule has 2 heteroatoms. The van der Waals surface area contributed by atoms with Gasteiger partial charge in [-0.05, 0) is 24.2 Å². The van der Waals surface area contributed by atoms with E-state index in [0.717, 1.165) is 4.48 Å². The van der Waals surface area contributed by atoms with Crippen LogP contribution in [-0.2, 0) is 0 Å². The Bertz CT molecular complexity index is 282. The van der Waals surface area contributed by atoms with Gasteiger partial charge in [-0.1, -0.05) is 34.2 Å². The summed E-state index contributed by atoms with van der Waals surface area (Å²) in [5.74, 6) is 2.45. The van der Waals surface area contributed by atoms with Crippen molar-refractivity contribution in [2.75, 3.05) is 0 Å². The van der Waals surface area contributed by atoms with Gasteiger partial charge < -0.3 is 5.11 Å². The zero-order valence-electron chi connectivity index (χ0n) is 6.65. The fourth-order valence-corrected chi connectivity index (χ4v) is 3.65. The highest BCUT2D eigenvalue weighted by molar-refractivity contribution is 9.11. The molecule has 3 aliphatic rings. The molecule has 2 bridgehead atoms. The topological polar surface area (TPSA) is 20.2 Å². The van der Waals surface area contributed by atoms with Gasteiger partial charge in [0.1, 0.15) is 0 Å². The molecular weight excluding hydrogens is 216 g/mol. The zero-order valence-corrected chi connectivity index (χ0v) is 8.24. The van der Waals surface area contributed by atoms with Gasteiger partial charge in [0.05, 0.1) is 6.10 Å². The van der Waals surface area contributed by atoms with Gasteiger partial charge in [-0.25, -0.2) is 0 Å². The second-order valence-electron chi connectivity index (χ2n) is 4.10. The number of hydrogen-bond donors (Lipinski definition) is 1. The third-order valence-electron chi connectivity index (χ3n) is 3.58. The minimum atomic E-state index is -0.227. The van der Waals surface area contributed by atoms with Gasteiger partial charge in [-0.2, -0.15) is 0 Å². The number of aliphatic hydroxyl groups is 1. The molecule has 0 unspecified atom stereocenters. The minimum absolute atomic E-state index is 0.227. The van der Waals surface area contributed by atoms with Crippen LogP contribution in [0.15, 0.2) is 22.7 Å². The Hall–Kier alpha value is -0.0800. The van der Waals surface area contributed by atoms with E-state index in [4.69, 9.17) is 0 Å². The van der Waals surface area contributed by atoms with Gasteiger partial charge >= 0.3 is 0 Å². The minimum Gasteiger partial charge on any atom is -0.388 e. The van der Waals surface area contributed by atoms with E-state index in [1.807, 2.05) is 0 Å². The van der Waals surface area contributed by atoms with Crippen molar-refractivity contribution in [1.82, 2.24) is 0 Å². The van der Waals surface area contributed by atoms with Crippen LogP contribution in [0.1, 0.15) is 6.42 Å². The lowest BCUT2D eigenvalue weighted by Gasteiger charge is -2.22. The van der Waals surface area contributed by atoms with Crippen LogP contribution in [-0.4, -0.2) is 11.2 Å². The molecule has 1 nitrogen and oxygen atoms in total. The second-order valence-corrected chi connectivity index (χ2v) is 5.02. The molecule has 1 saturated carbocycles. The lowest BCUT2D eigenvalue weighted by Crippen LogP contribution is -2.24. The van der Waals surface area contributed by atoms with Crippen LogP contribution >= 0.6 is 15.9 Å². The SMILES string of the molecule is O[C@H]1C(Br)=C[C@@H]2[C@H]1[C@H]1C=C[C@H]2C1. The Labute approximate surface area is 80.3 Å². The molecule has 0 saturated heterocycles. The first kappa shape index (κ1) is 7.34. The predicted molar refractivity (Wildman–Crippen MR) is 50.7 cm³/mol. The number of fused-ring (bicyclic) bond motifs is 5. The summed E-state index contributed by atoms with van der Waals surface area (Å²) < 4.78 is 1.01. The first-order valence-corrected chi connectivity index (χ1v) is 5.30. The van der Waals surface area contributed by atoms with Crippen molar-refractivity contribution in [2.24, 2.45) is 23.7 Å². The molecule has 3 aliphatic carbocycles. The molecule has 3 rings (SSSR count). The maximum Gasteiger partial charge on any atom is 0.0891 e. The Morgan fingerprint density at radius 3 is 2.83 bits per heavy atom. The van der Waals surface area contributed by atoms with Gasteiger partial charge in [-0.15, -0.1) is 0 Å². The largest absolute Gasteiger partial charge is 0.388 e. The highest BCUT2D eigenvalue weighted by Gasteiger charge is 2.50. The first-order valence-electron chi connectivity index (χ1n) is 4.51. The van der Waals surface area contributed by atoms with E-state index in [0.29, 0.717) is 23.7 Å². The summed E-state index contributed by atoms with van der Waals surface area (Å²) in [6.45, 7) is 0. The Balaban J connectivity index is 2.01. The predicted octanol–water partition coefficient (Wildman–Crippen LogP) is 2.08. The molecule has 12 heavy (non-hydrogen) atoms. The van der Waals surface area contributed by atoms with Gasteiger partial charge in [0, 0.05) is 10.4 Å². The molecule has 64 valence electrons. The summed E-state index contributed by atoms with van der Waals surface area (Å²) in [6, 6.07) is 0. The maximum absolute atomic E-state index is 9.84. The average Bonchev–Trinajstić information content (AvgIpc) is 2.66. The molecule has 0 radical (unpaired) electrons. The first-order chi connectivity index (χ1) is 5.77. The number of aliphatic hydroxyl groups excluding tert-OH is 1. The molecule has 5 atom stereocenters. The molecule has 0 spiro atoms. The van der Waals surface area contributed by atoms with Crippen LogP contribution < -0.4 is 0 Å². The van der Waals surface area contributed by atoms with Crippen LogP contribution in [0, 0.1) is 23.7 Å². The number of halogens is 1. The van der Waals surface area contributed by atoms with Gasteiger partial charge in [0.15, 0.2) is 0 Å². The highest BCUT2D eigenvalue weighted by Crippen LogP contribution is 2.55. The van der Waals surface area contributed by atoms with Crippen molar-refractivity contribution in [3.8, 4) is 0 Å². The molecular formula is C10H11BrO. The molecule has 0 aliphatic heterocycles. The summed E-state index contributed by atoms with van der Waals surface area (Å²) in [5.41, 5.74) is 0. The molecule has 0 amide bonds. The summed E-state index contributed by atoms with van der Waals surface area (Å²) in [4.78, 5) is 0. The van der Waals surface area contributed by atoms with Crippen molar-refractivity contribution in [2.45, 2.75) is 12.5 Å². The van der Waals surface area contributed by atoms with E-state index in [9.17, 15) is 5.11 Å². The van der Waals surface area contributed by atoms with Crippen LogP contribution in [0.3, 0.4) is 0 Å². The number of hydrogen-bond acceptors (Lipinski definition) is 1. The summed E-state index contributed by atoms with van der Waals surface area (Å²) in [7, 11) is 0. The van der Waals surface area contributed by atoms with Crippen molar-refractivity contribution < 1.29 is 5.11 Å². The van der Waals surface area contributed by atoms with Crippen LogP contribution in [0.25, 0.3) is 0 Å². The summed E-state index contributed by atoms with van der Waals surface area (Å²) >= 11 is 3.43. The van der Waals surface area contributed by atoms with Crippen LogP contribution in [0.2, 0.25) is 0 Å². The zero-order chi connectivity index (χ0) is 8.29. The van der Waals surface area contributed by atoms with E-state index in [-0.39, 0.29) is 6.10 Å². The molecule has 0 aromatic rings. The van der Waals surface area contributed by atoms with Crippen LogP contribution in [0.4, 0.5) is 0 Å². The fraction of sp³-hybridized carbons (Fsp3) is 0.600. The van der Waals surface area contributed by atoms with E-state index < -0.39 is 0 Å². The summed E-state index contributed by atoms with van der Waals surface area (Å²) in [6.07, 6.45) is 7.86. The Morgan fingerprint density at radius 2 is 2.08 bits per heavy atom. The molecule has 1 N–H and O–H groups in total. The average molecular weight is 227 g/mol. The van der Waals surface area contributed by atoms with E-state index >= 15 is 0 Å². The van der Waals surface area contributed by atoms with Crippen molar-refractivity contribution in [3.05, 3.63) is 22.7 Å². The van der Waals surface area contributed by atoms with E-state index in [2.05, 4.69) is 34.2 Å². The Kier molecular flexibility index (Phi) is 1.37. The molecule has 1 fully saturated rings. The molecule has 0 aromatic carbocycles. The standard InChI is InChI=1S/C10H11BrO/c11-8-4-7-5-1-2-6(3-5)9(7)10(8)12/h1-2,4-7,9-10,12H,3H2/t5-,6-,7-,9+,10-/m0/s1.